The first-order chi connectivity index (χ1) is 10.3. The molecule has 0 saturated carbocycles. The van der Waals surface area contributed by atoms with Gasteiger partial charge in [0.25, 0.3) is 0 Å². The van der Waals surface area contributed by atoms with E-state index in [1.54, 1.807) is 14.2 Å². The van der Waals surface area contributed by atoms with Crippen LogP contribution in [0.2, 0.25) is 0 Å². The average molecular weight is 289 g/mol. The van der Waals surface area contributed by atoms with Gasteiger partial charge < -0.3 is 19.2 Å². The number of hydrogen-bond acceptors (Lipinski definition) is 4. The van der Waals surface area contributed by atoms with Crippen molar-refractivity contribution in [3.63, 3.8) is 0 Å². The lowest BCUT2D eigenvalue weighted by Gasteiger charge is -2.17. The molecule has 4 nitrogen and oxygen atoms in total. The number of methoxy groups -OCH3 is 2. The van der Waals surface area contributed by atoms with Crippen molar-refractivity contribution in [2.45, 2.75) is 26.0 Å². The third-order valence-corrected chi connectivity index (χ3v) is 3.28. The summed E-state index contributed by atoms with van der Waals surface area (Å²) in [5.74, 6) is 2.57. The van der Waals surface area contributed by atoms with Gasteiger partial charge in [-0.15, -0.1) is 0 Å². The number of nitrogens with one attached hydrogen (secondary N) is 1. The molecule has 2 rings (SSSR count). The number of ether oxygens (including phenoxy) is 2. The van der Waals surface area contributed by atoms with Crippen LogP contribution in [0.1, 0.15) is 36.5 Å². The Morgan fingerprint density at radius 1 is 1.19 bits per heavy atom. The third kappa shape index (κ3) is 4.09. The highest BCUT2D eigenvalue weighted by atomic mass is 16.5. The van der Waals surface area contributed by atoms with Gasteiger partial charge in [-0.1, -0.05) is 19.1 Å². The molecule has 21 heavy (non-hydrogen) atoms. The minimum atomic E-state index is 0.0191. The fourth-order valence-corrected chi connectivity index (χ4v) is 2.26. The highest BCUT2D eigenvalue weighted by Gasteiger charge is 2.18. The first-order valence-electron chi connectivity index (χ1n) is 7.23. The van der Waals surface area contributed by atoms with Crippen LogP contribution in [-0.4, -0.2) is 20.8 Å². The summed E-state index contributed by atoms with van der Waals surface area (Å²) in [7, 11) is 3.34. The summed E-state index contributed by atoms with van der Waals surface area (Å²) in [5, 5.41) is 3.52. The van der Waals surface area contributed by atoms with Crippen molar-refractivity contribution in [2.24, 2.45) is 0 Å². The zero-order chi connectivity index (χ0) is 15.1. The summed E-state index contributed by atoms with van der Waals surface area (Å²) in [6, 6.07) is 12.0. The van der Waals surface area contributed by atoms with Crippen molar-refractivity contribution in [1.29, 1.82) is 0 Å². The standard InChI is InChI=1S/C17H23NO3/c1-4-10-18-17(13-6-5-7-14(11-13)20-3)16-9-8-15(21-16)12-19-2/h5-9,11,17-18H,4,10,12H2,1-3H3. The Hall–Kier alpha value is -1.78. The molecule has 1 N–H and O–H groups in total. The largest absolute Gasteiger partial charge is 0.497 e. The Bertz CT molecular complexity index is 550. The summed E-state index contributed by atoms with van der Waals surface area (Å²) in [5.41, 5.74) is 1.13. The molecule has 4 heteroatoms. The lowest BCUT2D eigenvalue weighted by molar-refractivity contribution is 0.162. The van der Waals surface area contributed by atoms with Crippen LogP contribution in [0.3, 0.4) is 0 Å². The first kappa shape index (κ1) is 15.6. The van der Waals surface area contributed by atoms with Crippen LogP contribution in [0.15, 0.2) is 40.8 Å². The Kier molecular flexibility index (Phi) is 5.84. The number of hydrogen-bond donors (Lipinski definition) is 1. The van der Waals surface area contributed by atoms with Crippen molar-refractivity contribution in [3.05, 3.63) is 53.5 Å². The molecule has 1 unspecified atom stereocenters. The number of furan rings is 1. The van der Waals surface area contributed by atoms with Crippen molar-refractivity contribution >= 4 is 0 Å². The molecule has 0 spiro atoms. The van der Waals surface area contributed by atoms with Gasteiger partial charge in [-0.05, 0) is 42.8 Å². The van der Waals surface area contributed by atoms with E-state index in [-0.39, 0.29) is 6.04 Å². The van der Waals surface area contributed by atoms with E-state index in [4.69, 9.17) is 13.9 Å². The van der Waals surface area contributed by atoms with Gasteiger partial charge in [0.05, 0.1) is 13.2 Å². The molecule has 1 atom stereocenters. The minimum Gasteiger partial charge on any atom is -0.497 e. The normalized spacial score (nSPS) is 12.3. The van der Waals surface area contributed by atoms with E-state index in [1.807, 2.05) is 30.3 Å². The maximum Gasteiger partial charge on any atom is 0.129 e. The molecule has 1 aromatic heterocycles. The average Bonchev–Trinajstić information content (AvgIpc) is 2.97. The Morgan fingerprint density at radius 2 is 2.05 bits per heavy atom. The van der Waals surface area contributed by atoms with E-state index in [0.717, 1.165) is 35.8 Å². The second kappa shape index (κ2) is 7.86. The lowest BCUT2D eigenvalue weighted by Crippen LogP contribution is -2.22. The van der Waals surface area contributed by atoms with Gasteiger partial charge in [0.2, 0.25) is 0 Å². The van der Waals surface area contributed by atoms with E-state index in [0.29, 0.717) is 6.61 Å². The van der Waals surface area contributed by atoms with Gasteiger partial charge in [0.15, 0.2) is 0 Å². The molecule has 1 aromatic carbocycles. The van der Waals surface area contributed by atoms with Crippen LogP contribution in [0.5, 0.6) is 5.75 Å². The predicted octanol–water partition coefficient (Wildman–Crippen LogP) is 3.52. The summed E-state index contributed by atoms with van der Waals surface area (Å²) in [6.07, 6.45) is 1.06. The van der Waals surface area contributed by atoms with Gasteiger partial charge in [-0.25, -0.2) is 0 Å². The molecular formula is C17H23NO3. The van der Waals surface area contributed by atoms with E-state index in [1.165, 1.54) is 0 Å². The molecule has 2 aromatic rings. The fraction of sp³-hybridized carbons (Fsp3) is 0.412. The zero-order valence-corrected chi connectivity index (χ0v) is 12.9. The smallest absolute Gasteiger partial charge is 0.129 e. The molecular weight excluding hydrogens is 266 g/mol. The molecule has 0 saturated heterocycles. The van der Waals surface area contributed by atoms with Crippen LogP contribution in [-0.2, 0) is 11.3 Å². The van der Waals surface area contributed by atoms with Crippen LogP contribution in [0, 0.1) is 0 Å². The highest BCUT2D eigenvalue weighted by molar-refractivity contribution is 5.34. The SMILES string of the molecule is CCCNC(c1cccc(OC)c1)c1ccc(COC)o1. The molecule has 0 amide bonds. The Morgan fingerprint density at radius 3 is 2.76 bits per heavy atom. The number of rotatable bonds is 8. The molecule has 0 aliphatic heterocycles. The summed E-state index contributed by atoms with van der Waals surface area (Å²) >= 11 is 0. The quantitative estimate of drug-likeness (QED) is 0.807. The van der Waals surface area contributed by atoms with Gasteiger partial charge >= 0.3 is 0 Å². The highest BCUT2D eigenvalue weighted by Crippen LogP contribution is 2.27. The molecule has 114 valence electrons. The van der Waals surface area contributed by atoms with Crippen molar-refractivity contribution in [2.75, 3.05) is 20.8 Å². The van der Waals surface area contributed by atoms with Gasteiger partial charge in [-0.2, -0.15) is 0 Å². The fourth-order valence-electron chi connectivity index (χ4n) is 2.26. The zero-order valence-electron chi connectivity index (χ0n) is 12.9. The van der Waals surface area contributed by atoms with Crippen molar-refractivity contribution < 1.29 is 13.9 Å². The molecule has 0 bridgehead atoms. The summed E-state index contributed by atoms with van der Waals surface area (Å²) in [6.45, 7) is 3.55. The summed E-state index contributed by atoms with van der Waals surface area (Å²) < 4.78 is 16.3. The van der Waals surface area contributed by atoms with E-state index in [2.05, 4.69) is 18.3 Å². The number of benzene rings is 1. The second-order valence-corrected chi connectivity index (χ2v) is 4.90. The van der Waals surface area contributed by atoms with Crippen molar-refractivity contribution in [3.8, 4) is 5.75 Å². The van der Waals surface area contributed by atoms with E-state index < -0.39 is 0 Å². The molecule has 0 aliphatic carbocycles. The van der Waals surface area contributed by atoms with Gasteiger partial charge in [0.1, 0.15) is 23.9 Å². The maximum atomic E-state index is 5.88. The van der Waals surface area contributed by atoms with E-state index in [9.17, 15) is 0 Å². The van der Waals surface area contributed by atoms with Crippen molar-refractivity contribution in [1.82, 2.24) is 5.32 Å². The topological polar surface area (TPSA) is 43.6 Å². The Balaban J connectivity index is 2.27. The van der Waals surface area contributed by atoms with Crippen LogP contribution in [0.4, 0.5) is 0 Å². The third-order valence-electron chi connectivity index (χ3n) is 3.28. The first-order valence-corrected chi connectivity index (χ1v) is 7.23. The predicted molar refractivity (Wildman–Crippen MR) is 82.6 cm³/mol. The van der Waals surface area contributed by atoms with Crippen LogP contribution in [0.25, 0.3) is 0 Å². The monoisotopic (exact) mass is 289 g/mol. The molecule has 1 heterocycles. The van der Waals surface area contributed by atoms with Crippen LogP contribution < -0.4 is 10.1 Å². The molecule has 0 radical (unpaired) electrons. The van der Waals surface area contributed by atoms with Gasteiger partial charge in [-0.3, -0.25) is 0 Å². The van der Waals surface area contributed by atoms with E-state index >= 15 is 0 Å². The summed E-state index contributed by atoms with van der Waals surface area (Å²) in [4.78, 5) is 0. The van der Waals surface area contributed by atoms with Gasteiger partial charge in [0, 0.05) is 7.11 Å². The minimum absolute atomic E-state index is 0.0191. The Labute approximate surface area is 126 Å². The maximum absolute atomic E-state index is 5.88. The second-order valence-electron chi connectivity index (χ2n) is 4.90. The van der Waals surface area contributed by atoms with Crippen LogP contribution >= 0.6 is 0 Å². The molecule has 0 fully saturated rings. The molecule has 0 aliphatic rings. The lowest BCUT2D eigenvalue weighted by atomic mass is 10.0.